The van der Waals surface area contributed by atoms with Crippen molar-refractivity contribution in [2.24, 2.45) is 0 Å². The Kier molecular flexibility index (Phi) is 6.40. The summed E-state index contributed by atoms with van der Waals surface area (Å²) in [6, 6.07) is 16.6. The highest BCUT2D eigenvalue weighted by Gasteiger charge is 2.48. The van der Waals surface area contributed by atoms with E-state index < -0.39 is 11.6 Å². The first-order valence-corrected chi connectivity index (χ1v) is 9.87. The summed E-state index contributed by atoms with van der Waals surface area (Å²) in [7, 11) is 3.27. The van der Waals surface area contributed by atoms with Crippen LogP contribution in [0.5, 0.6) is 5.75 Å². The van der Waals surface area contributed by atoms with Gasteiger partial charge in [0.05, 0.1) is 7.11 Å². The number of amides is 4. The highest BCUT2D eigenvalue weighted by molar-refractivity contribution is 6.08. The van der Waals surface area contributed by atoms with Crippen LogP contribution in [0.2, 0.25) is 0 Å². The van der Waals surface area contributed by atoms with Crippen LogP contribution >= 0.6 is 0 Å². The molecule has 1 saturated heterocycles. The average molecular weight is 409 g/mol. The number of rotatable bonds is 8. The van der Waals surface area contributed by atoms with Gasteiger partial charge in [0.25, 0.3) is 5.91 Å². The molecule has 0 radical (unpaired) electrons. The summed E-state index contributed by atoms with van der Waals surface area (Å²) in [5.41, 5.74) is 0.987. The molecular formula is C23H27N3O4. The van der Waals surface area contributed by atoms with Crippen LogP contribution in [0.4, 0.5) is 4.79 Å². The average Bonchev–Trinajstić information content (AvgIpc) is 2.96. The smallest absolute Gasteiger partial charge is 0.325 e. The van der Waals surface area contributed by atoms with Crippen LogP contribution in [0.3, 0.4) is 0 Å². The Bertz CT molecular complexity index is 914. The summed E-state index contributed by atoms with van der Waals surface area (Å²) >= 11 is 0. The normalized spacial score (nSPS) is 18.3. The van der Waals surface area contributed by atoms with Gasteiger partial charge in [0.15, 0.2) is 0 Å². The lowest BCUT2D eigenvalue weighted by Gasteiger charge is -2.23. The Morgan fingerprint density at radius 1 is 1.07 bits per heavy atom. The van der Waals surface area contributed by atoms with Crippen LogP contribution in [0.25, 0.3) is 0 Å². The molecule has 0 bridgehead atoms. The summed E-state index contributed by atoms with van der Waals surface area (Å²) < 4.78 is 5.15. The molecule has 7 heteroatoms. The second kappa shape index (κ2) is 8.98. The van der Waals surface area contributed by atoms with E-state index in [4.69, 9.17) is 4.74 Å². The Hall–Kier alpha value is -3.35. The fourth-order valence-corrected chi connectivity index (χ4v) is 3.45. The lowest BCUT2D eigenvalue weighted by atomic mass is 9.93. The third-order valence-electron chi connectivity index (χ3n) is 5.40. The molecule has 0 aromatic heterocycles. The molecule has 1 atom stereocenters. The fraction of sp³-hybridized carbons (Fsp3) is 0.348. The molecule has 4 amide bonds. The first kappa shape index (κ1) is 21.4. The fourth-order valence-electron chi connectivity index (χ4n) is 3.45. The molecule has 1 N–H and O–H groups in total. The Morgan fingerprint density at radius 2 is 1.73 bits per heavy atom. The van der Waals surface area contributed by atoms with Gasteiger partial charge in [0.1, 0.15) is 17.8 Å². The first-order chi connectivity index (χ1) is 14.3. The molecule has 1 heterocycles. The lowest BCUT2D eigenvalue weighted by molar-refractivity contribution is -0.138. The molecule has 1 aliphatic heterocycles. The van der Waals surface area contributed by atoms with E-state index >= 15 is 0 Å². The van der Waals surface area contributed by atoms with Gasteiger partial charge in [-0.05, 0) is 43.0 Å². The molecule has 2 aromatic rings. The minimum Gasteiger partial charge on any atom is -0.497 e. The Labute approximate surface area is 176 Å². The molecular weight excluding hydrogens is 382 g/mol. The van der Waals surface area contributed by atoms with E-state index in [2.05, 4.69) is 5.32 Å². The van der Waals surface area contributed by atoms with Crippen molar-refractivity contribution in [2.75, 3.05) is 20.7 Å². The second-order valence-corrected chi connectivity index (χ2v) is 7.74. The molecule has 7 nitrogen and oxygen atoms in total. The van der Waals surface area contributed by atoms with Crippen molar-refractivity contribution in [3.05, 3.63) is 65.7 Å². The predicted octanol–water partition coefficient (Wildman–Crippen LogP) is 2.60. The maximum Gasteiger partial charge on any atom is 0.325 e. The zero-order valence-electron chi connectivity index (χ0n) is 17.6. The number of hydrogen-bond acceptors (Lipinski definition) is 4. The van der Waals surface area contributed by atoms with E-state index in [1.54, 1.807) is 21.1 Å². The third-order valence-corrected chi connectivity index (χ3v) is 5.40. The van der Waals surface area contributed by atoms with Gasteiger partial charge in [-0.2, -0.15) is 0 Å². The van der Waals surface area contributed by atoms with Crippen molar-refractivity contribution in [3.8, 4) is 5.75 Å². The number of benzene rings is 2. The van der Waals surface area contributed by atoms with Gasteiger partial charge in [-0.25, -0.2) is 4.79 Å². The van der Waals surface area contributed by atoms with Crippen molar-refractivity contribution in [2.45, 2.75) is 31.8 Å². The maximum atomic E-state index is 12.9. The third kappa shape index (κ3) is 4.79. The number of nitrogens with one attached hydrogen (secondary N) is 1. The van der Waals surface area contributed by atoms with Gasteiger partial charge in [-0.1, -0.05) is 42.5 Å². The largest absolute Gasteiger partial charge is 0.497 e. The van der Waals surface area contributed by atoms with Crippen LogP contribution in [0.15, 0.2) is 54.6 Å². The minimum atomic E-state index is -1.03. The van der Waals surface area contributed by atoms with E-state index in [0.717, 1.165) is 21.8 Å². The number of carbonyl (C=O) groups is 3. The van der Waals surface area contributed by atoms with Crippen LogP contribution in [0.1, 0.15) is 24.5 Å². The highest BCUT2D eigenvalue weighted by Crippen LogP contribution is 2.24. The molecule has 1 aliphatic rings. The number of aryl methyl sites for hydroxylation is 1. The molecule has 0 unspecified atom stereocenters. The second-order valence-electron chi connectivity index (χ2n) is 7.74. The van der Waals surface area contributed by atoms with Gasteiger partial charge in [0.2, 0.25) is 5.91 Å². The quantitative estimate of drug-likeness (QED) is 0.680. The Balaban J connectivity index is 1.59. The van der Waals surface area contributed by atoms with E-state index in [-0.39, 0.29) is 18.4 Å². The summed E-state index contributed by atoms with van der Waals surface area (Å²) in [6.45, 7) is 1.85. The van der Waals surface area contributed by atoms with Gasteiger partial charge in [-0.15, -0.1) is 0 Å². The van der Waals surface area contributed by atoms with Crippen molar-refractivity contribution < 1.29 is 19.1 Å². The summed E-state index contributed by atoms with van der Waals surface area (Å²) in [6.07, 6.45) is 1.05. The topological polar surface area (TPSA) is 79.0 Å². The first-order valence-electron chi connectivity index (χ1n) is 9.87. The lowest BCUT2D eigenvalue weighted by Crippen LogP contribution is -2.45. The zero-order chi connectivity index (χ0) is 21.7. The number of likely N-dealkylation sites (N-methyl/N-ethyl adjacent to an activating group) is 1. The van der Waals surface area contributed by atoms with Crippen LogP contribution in [0, 0.1) is 0 Å². The molecule has 0 saturated carbocycles. The molecule has 3 rings (SSSR count). The van der Waals surface area contributed by atoms with Crippen LogP contribution < -0.4 is 10.1 Å². The van der Waals surface area contributed by atoms with Crippen molar-refractivity contribution in [1.29, 1.82) is 0 Å². The number of imide groups is 1. The van der Waals surface area contributed by atoms with Gasteiger partial charge in [0, 0.05) is 13.6 Å². The number of nitrogens with zero attached hydrogens (tertiary/aromatic N) is 2. The molecule has 0 spiro atoms. The summed E-state index contributed by atoms with van der Waals surface area (Å²) in [5, 5.41) is 2.76. The number of carbonyl (C=O) groups excluding carboxylic acids is 3. The van der Waals surface area contributed by atoms with Gasteiger partial charge < -0.3 is 15.0 Å². The number of hydrogen-bond donors (Lipinski definition) is 1. The van der Waals surface area contributed by atoms with E-state index in [1.807, 2.05) is 54.6 Å². The summed E-state index contributed by atoms with van der Waals surface area (Å²) in [4.78, 5) is 40.5. The van der Waals surface area contributed by atoms with Crippen molar-refractivity contribution in [3.63, 3.8) is 0 Å². The molecule has 1 fully saturated rings. The summed E-state index contributed by atoms with van der Waals surface area (Å²) in [5.74, 6) is 0.101. The van der Waals surface area contributed by atoms with Gasteiger partial charge >= 0.3 is 6.03 Å². The predicted molar refractivity (Wildman–Crippen MR) is 113 cm³/mol. The highest BCUT2D eigenvalue weighted by atomic mass is 16.5. The van der Waals surface area contributed by atoms with Crippen LogP contribution in [-0.2, 0) is 22.6 Å². The van der Waals surface area contributed by atoms with E-state index in [0.29, 0.717) is 19.4 Å². The number of urea groups is 1. The maximum absolute atomic E-state index is 12.9. The number of ether oxygens (including phenoxy) is 1. The minimum absolute atomic E-state index is 0.272. The van der Waals surface area contributed by atoms with E-state index in [9.17, 15) is 14.4 Å². The standard InChI is InChI=1S/C23H27N3O4/c1-23(14-13-17-9-11-19(30-3)12-10-17)21(28)26(22(29)24-23)16-20(27)25(2)15-18-7-5-4-6-8-18/h4-12H,13-16H2,1-3H3,(H,24,29)/t23-/m1/s1. The zero-order valence-corrected chi connectivity index (χ0v) is 17.6. The van der Waals surface area contributed by atoms with Crippen LogP contribution in [-0.4, -0.2) is 53.9 Å². The van der Waals surface area contributed by atoms with Gasteiger partial charge in [-0.3, -0.25) is 14.5 Å². The van der Waals surface area contributed by atoms with Crippen molar-refractivity contribution >= 4 is 17.8 Å². The van der Waals surface area contributed by atoms with E-state index in [1.165, 1.54) is 4.90 Å². The monoisotopic (exact) mass is 409 g/mol. The SMILES string of the molecule is COc1ccc(CC[C@@]2(C)NC(=O)N(CC(=O)N(C)Cc3ccccc3)C2=O)cc1. The number of methoxy groups -OCH3 is 1. The molecule has 0 aliphatic carbocycles. The molecule has 158 valence electrons. The molecule has 2 aromatic carbocycles. The van der Waals surface area contributed by atoms with Crippen molar-refractivity contribution in [1.82, 2.24) is 15.1 Å². The molecule has 30 heavy (non-hydrogen) atoms. The Morgan fingerprint density at radius 3 is 2.37 bits per heavy atom.